The molecule has 0 bridgehead atoms. The molecule has 0 atom stereocenters. The van der Waals surface area contributed by atoms with Crippen LogP contribution in [0.25, 0.3) is 0 Å². The van der Waals surface area contributed by atoms with E-state index in [1.54, 1.807) is 6.26 Å². The third kappa shape index (κ3) is 5.76. The second-order valence-electron chi connectivity index (χ2n) is 6.63. The molecule has 6 nitrogen and oxygen atoms in total. The molecule has 0 saturated carbocycles. The summed E-state index contributed by atoms with van der Waals surface area (Å²) in [5, 5.41) is 3.34. The first-order valence-electron chi connectivity index (χ1n) is 9.65. The molecule has 1 aromatic carbocycles. The largest absolute Gasteiger partial charge is 0.490 e. The summed E-state index contributed by atoms with van der Waals surface area (Å²) in [6.45, 7) is 5.55. The highest BCUT2D eigenvalue weighted by Crippen LogP contribution is 2.28. The number of benzene rings is 1. The van der Waals surface area contributed by atoms with Crippen molar-refractivity contribution in [2.24, 2.45) is 0 Å². The van der Waals surface area contributed by atoms with Crippen molar-refractivity contribution in [2.45, 2.75) is 39.3 Å². The van der Waals surface area contributed by atoms with Gasteiger partial charge in [-0.15, -0.1) is 0 Å². The predicted molar refractivity (Wildman–Crippen MR) is 103 cm³/mol. The Hall–Kier alpha value is -2.47. The van der Waals surface area contributed by atoms with E-state index in [-0.39, 0.29) is 12.5 Å². The van der Waals surface area contributed by atoms with Crippen LogP contribution in [0.2, 0.25) is 0 Å². The third-order valence-electron chi connectivity index (χ3n) is 4.58. The molecule has 6 heteroatoms. The van der Waals surface area contributed by atoms with Crippen LogP contribution in [-0.4, -0.2) is 37.1 Å². The standard InChI is InChI=1S/C21H28N2O4/c1-2-25-20-13-17(14-22-15-18-7-6-12-26-18)8-9-19(20)27-16-21(24)23-10-4-3-5-11-23/h6-9,12-13,22H,2-5,10-11,14-16H2,1H3. The minimum Gasteiger partial charge on any atom is -0.490 e. The van der Waals surface area contributed by atoms with E-state index in [4.69, 9.17) is 13.9 Å². The van der Waals surface area contributed by atoms with E-state index in [0.29, 0.717) is 31.2 Å². The van der Waals surface area contributed by atoms with Gasteiger partial charge in [0.2, 0.25) is 0 Å². The first-order valence-corrected chi connectivity index (χ1v) is 9.65. The number of nitrogens with one attached hydrogen (secondary N) is 1. The molecule has 1 aliphatic heterocycles. The van der Waals surface area contributed by atoms with Crippen LogP contribution in [0.15, 0.2) is 41.0 Å². The first kappa shape index (κ1) is 19.3. The molecule has 1 aliphatic rings. The van der Waals surface area contributed by atoms with Gasteiger partial charge in [0.15, 0.2) is 18.1 Å². The Morgan fingerprint density at radius 2 is 1.96 bits per heavy atom. The van der Waals surface area contributed by atoms with E-state index in [9.17, 15) is 4.79 Å². The van der Waals surface area contributed by atoms with Gasteiger partial charge >= 0.3 is 0 Å². The smallest absolute Gasteiger partial charge is 0.260 e. The highest BCUT2D eigenvalue weighted by molar-refractivity contribution is 5.78. The van der Waals surface area contributed by atoms with Crippen molar-refractivity contribution in [1.82, 2.24) is 10.2 Å². The number of amides is 1. The maximum Gasteiger partial charge on any atom is 0.260 e. The second kappa shape index (κ2) is 10.0. The summed E-state index contributed by atoms with van der Waals surface area (Å²) < 4.78 is 16.8. The quantitative estimate of drug-likeness (QED) is 0.731. The average Bonchev–Trinajstić information content (AvgIpc) is 3.21. The lowest BCUT2D eigenvalue weighted by molar-refractivity contribution is -0.134. The normalized spacial score (nSPS) is 14.2. The van der Waals surface area contributed by atoms with Gasteiger partial charge in [0, 0.05) is 19.6 Å². The molecule has 1 aromatic heterocycles. The molecular weight excluding hydrogens is 344 g/mol. The topological polar surface area (TPSA) is 63.9 Å². The number of hydrogen-bond donors (Lipinski definition) is 1. The molecule has 2 heterocycles. The zero-order chi connectivity index (χ0) is 18.9. The molecule has 1 amide bonds. The van der Waals surface area contributed by atoms with E-state index in [1.165, 1.54) is 6.42 Å². The number of likely N-dealkylation sites (tertiary alicyclic amines) is 1. The maximum atomic E-state index is 12.3. The Kier molecular flexibility index (Phi) is 7.16. The Morgan fingerprint density at radius 3 is 2.70 bits per heavy atom. The van der Waals surface area contributed by atoms with Crippen molar-refractivity contribution >= 4 is 5.91 Å². The van der Waals surface area contributed by atoms with Gasteiger partial charge in [0.1, 0.15) is 5.76 Å². The molecule has 0 unspecified atom stereocenters. The Morgan fingerprint density at radius 1 is 1.11 bits per heavy atom. The molecule has 27 heavy (non-hydrogen) atoms. The van der Waals surface area contributed by atoms with E-state index >= 15 is 0 Å². The minimum absolute atomic E-state index is 0.0429. The second-order valence-corrected chi connectivity index (χ2v) is 6.63. The molecule has 1 N–H and O–H groups in total. The lowest BCUT2D eigenvalue weighted by atomic mass is 10.1. The molecule has 1 fully saturated rings. The van der Waals surface area contributed by atoms with Crippen molar-refractivity contribution in [2.75, 3.05) is 26.3 Å². The van der Waals surface area contributed by atoms with Crippen molar-refractivity contribution in [1.29, 1.82) is 0 Å². The summed E-state index contributed by atoms with van der Waals surface area (Å²) in [5.74, 6) is 2.22. The van der Waals surface area contributed by atoms with Crippen molar-refractivity contribution in [3.05, 3.63) is 47.9 Å². The van der Waals surface area contributed by atoms with Gasteiger partial charge in [-0.3, -0.25) is 4.79 Å². The fourth-order valence-electron chi connectivity index (χ4n) is 3.17. The molecule has 0 radical (unpaired) electrons. The van der Waals surface area contributed by atoms with Crippen molar-refractivity contribution < 1.29 is 18.7 Å². The predicted octanol–water partition coefficient (Wildman–Crippen LogP) is 3.36. The number of ether oxygens (including phenoxy) is 2. The highest BCUT2D eigenvalue weighted by Gasteiger charge is 2.17. The fourth-order valence-corrected chi connectivity index (χ4v) is 3.17. The van der Waals surface area contributed by atoms with E-state index in [2.05, 4.69) is 5.32 Å². The van der Waals surface area contributed by atoms with Crippen LogP contribution < -0.4 is 14.8 Å². The average molecular weight is 372 g/mol. The molecule has 146 valence electrons. The van der Waals surface area contributed by atoms with E-state index in [0.717, 1.165) is 37.3 Å². The number of carbonyl (C=O) groups is 1. The fraction of sp³-hybridized carbons (Fsp3) is 0.476. The van der Waals surface area contributed by atoms with E-state index < -0.39 is 0 Å². The van der Waals surface area contributed by atoms with Gasteiger partial charge in [0.05, 0.1) is 19.4 Å². The van der Waals surface area contributed by atoms with E-state index in [1.807, 2.05) is 42.2 Å². The molecule has 2 aromatic rings. The van der Waals surface area contributed by atoms with Gasteiger partial charge in [-0.25, -0.2) is 0 Å². The highest BCUT2D eigenvalue weighted by atomic mass is 16.5. The number of rotatable bonds is 9. The van der Waals surface area contributed by atoms with Crippen LogP contribution in [0.4, 0.5) is 0 Å². The summed E-state index contributed by atoms with van der Waals surface area (Å²) in [6, 6.07) is 9.63. The van der Waals surface area contributed by atoms with Crippen LogP contribution >= 0.6 is 0 Å². The van der Waals surface area contributed by atoms with Gasteiger partial charge in [-0.05, 0) is 56.0 Å². The van der Waals surface area contributed by atoms with Crippen LogP contribution in [0.3, 0.4) is 0 Å². The Balaban J connectivity index is 1.54. The summed E-state index contributed by atoms with van der Waals surface area (Å²) in [6.07, 6.45) is 5.03. The summed E-state index contributed by atoms with van der Waals surface area (Å²) in [5.41, 5.74) is 1.08. The van der Waals surface area contributed by atoms with Crippen molar-refractivity contribution in [3.63, 3.8) is 0 Å². The minimum atomic E-state index is 0.0429. The van der Waals surface area contributed by atoms with Crippen LogP contribution in [0.5, 0.6) is 11.5 Å². The molecule has 0 spiro atoms. The number of nitrogens with zero attached hydrogens (tertiary/aromatic N) is 1. The summed E-state index contributed by atoms with van der Waals surface area (Å²) >= 11 is 0. The number of hydrogen-bond acceptors (Lipinski definition) is 5. The SMILES string of the molecule is CCOc1cc(CNCc2ccco2)ccc1OCC(=O)N1CCCCC1. The number of piperidine rings is 1. The summed E-state index contributed by atoms with van der Waals surface area (Å²) in [7, 11) is 0. The lowest BCUT2D eigenvalue weighted by Gasteiger charge is -2.26. The van der Waals surface area contributed by atoms with Gasteiger partial charge < -0.3 is 24.1 Å². The summed E-state index contributed by atoms with van der Waals surface area (Å²) in [4.78, 5) is 14.2. The third-order valence-corrected chi connectivity index (χ3v) is 4.58. The molecular formula is C21H28N2O4. The van der Waals surface area contributed by atoms with Crippen molar-refractivity contribution in [3.8, 4) is 11.5 Å². The van der Waals surface area contributed by atoms with Crippen LogP contribution in [0, 0.1) is 0 Å². The molecule has 1 saturated heterocycles. The molecule has 3 rings (SSSR count). The first-order chi connectivity index (χ1) is 13.3. The Bertz CT molecular complexity index is 709. The maximum absolute atomic E-state index is 12.3. The number of carbonyl (C=O) groups excluding carboxylic acids is 1. The lowest BCUT2D eigenvalue weighted by Crippen LogP contribution is -2.38. The van der Waals surface area contributed by atoms with Crippen LogP contribution in [-0.2, 0) is 17.9 Å². The monoisotopic (exact) mass is 372 g/mol. The van der Waals surface area contributed by atoms with Gasteiger partial charge in [-0.1, -0.05) is 6.07 Å². The van der Waals surface area contributed by atoms with Gasteiger partial charge in [0.25, 0.3) is 5.91 Å². The van der Waals surface area contributed by atoms with Gasteiger partial charge in [-0.2, -0.15) is 0 Å². The van der Waals surface area contributed by atoms with Crippen LogP contribution in [0.1, 0.15) is 37.5 Å². The number of furan rings is 1. The zero-order valence-corrected chi connectivity index (χ0v) is 15.9. The zero-order valence-electron chi connectivity index (χ0n) is 15.9. The molecule has 0 aliphatic carbocycles. The Labute approximate surface area is 160 Å².